The van der Waals surface area contributed by atoms with Gasteiger partial charge in [0.15, 0.2) is 0 Å². The molecule has 1 unspecified atom stereocenters. The van der Waals surface area contributed by atoms with Gasteiger partial charge >= 0.3 is 0 Å². The summed E-state index contributed by atoms with van der Waals surface area (Å²) in [6.07, 6.45) is 6.35. The minimum atomic E-state index is 0. The minimum absolute atomic E-state index is 0. The third-order valence-electron chi connectivity index (χ3n) is 4.11. The van der Waals surface area contributed by atoms with E-state index in [4.69, 9.17) is 5.73 Å². The molecule has 0 spiro atoms. The number of rotatable bonds is 2. The summed E-state index contributed by atoms with van der Waals surface area (Å²) in [4.78, 5) is 2.50. The Hall–Kier alpha value is -0.570. The summed E-state index contributed by atoms with van der Waals surface area (Å²) in [7, 11) is 0. The zero-order valence-corrected chi connectivity index (χ0v) is 11.7. The van der Waals surface area contributed by atoms with E-state index >= 15 is 0 Å². The Bertz CT molecular complexity index is 405. The van der Waals surface area contributed by atoms with Gasteiger partial charge in [0, 0.05) is 19.1 Å². The molecule has 0 radical (unpaired) electrons. The van der Waals surface area contributed by atoms with Gasteiger partial charge in [-0.25, -0.2) is 0 Å². The van der Waals surface area contributed by atoms with Crippen molar-refractivity contribution in [3.05, 3.63) is 34.9 Å². The number of nitrogens with two attached hydrogens (primary N) is 1. The molecule has 3 heteroatoms. The second-order valence-electron chi connectivity index (χ2n) is 5.59. The van der Waals surface area contributed by atoms with E-state index in [1.54, 1.807) is 11.1 Å². The molecule has 1 aromatic carbocycles. The molecule has 100 valence electrons. The predicted molar refractivity (Wildman–Crippen MR) is 78.2 cm³/mol. The van der Waals surface area contributed by atoms with Crippen molar-refractivity contribution in [2.75, 3.05) is 13.1 Å². The predicted octanol–water partition coefficient (Wildman–Crippen LogP) is 2.52. The lowest BCUT2D eigenvalue weighted by Gasteiger charge is -2.30. The molecule has 2 nitrogen and oxygen atoms in total. The molecule has 0 aromatic heterocycles. The van der Waals surface area contributed by atoms with Crippen LogP contribution in [-0.4, -0.2) is 24.0 Å². The molecule has 1 fully saturated rings. The lowest BCUT2D eigenvalue weighted by Crippen LogP contribution is -2.42. The molecule has 0 saturated carbocycles. The van der Waals surface area contributed by atoms with Crippen molar-refractivity contribution in [1.29, 1.82) is 0 Å². The average Bonchev–Trinajstić information content (AvgIpc) is 2.76. The van der Waals surface area contributed by atoms with E-state index in [9.17, 15) is 0 Å². The Labute approximate surface area is 116 Å². The summed E-state index contributed by atoms with van der Waals surface area (Å²) in [5.74, 6) is 0. The van der Waals surface area contributed by atoms with E-state index in [2.05, 4.69) is 23.1 Å². The Kier molecular flexibility index (Phi) is 4.66. The molecule has 2 N–H and O–H groups in total. The second-order valence-corrected chi connectivity index (χ2v) is 5.59. The molecule has 1 heterocycles. The van der Waals surface area contributed by atoms with Crippen LogP contribution in [0, 0.1) is 0 Å². The first-order valence-electron chi connectivity index (χ1n) is 6.90. The van der Waals surface area contributed by atoms with E-state index < -0.39 is 0 Å². The maximum absolute atomic E-state index is 6.03. The Morgan fingerprint density at radius 1 is 1.17 bits per heavy atom. The first-order valence-corrected chi connectivity index (χ1v) is 6.90. The first-order chi connectivity index (χ1) is 8.31. The average molecular weight is 267 g/mol. The van der Waals surface area contributed by atoms with Crippen molar-refractivity contribution in [3.63, 3.8) is 0 Å². The SMILES string of the molecule is Cl.NC1CCCN(Cc2ccc3c(c2)CCC3)C1. The monoisotopic (exact) mass is 266 g/mol. The Morgan fingerprint density at radius 3 is 2.83 bits per heavy atom. The van der Waals surface area contributed by atoms with Crippen LogP contribution in [0.3, 0.4) is 0 Å². The summed E-state index contributed by atoms with van der Waals surface area (Å²) in [6, 6.07) is 7.45. The molecule has 2 aliphatic rings. The van der Waals surface area contributed by atoms with E-state index in [1.165, 1.54) is 44.2 Å². The zero-order valence-electron chi connectivity index (χ0n) is 10.9. The van der Waals surface area contributed by atoms with Crippen molar-refractivity contribution in [1.82, 2.24) is 4.90 Å². The molecule has 1 saturated heterocycles. The standard InChI is InChI=1S/C15H22N2.ClH/c16-15-5-2-8-17(11-15)10-12-6-7-13-3-1-4-14(13)9-12;/h6-7,9,15H,1-5,8,10-11,16H2;1H. The van der Waals surface area contributed by atoms with Crippen molar-refractivity contribution < 1.29 is 0 Å². The van der Waals surface area contributed by atoms with Gasteiger partial charge in [0.2, 0.25) is 0 Å². The van der Waals surface area contributed by atoms with Crippen LogP contribution in [0.15, 0.2) is 18.2 Å². The maximum atomic E-state index is 6.03. The van der Waals surface area contributed by atoms with Gasteiger partial charge in [0.1, 0.15) is 0 Å². The molecule has 0 bridgehead atoms. The molecule has 3 rings (SSSR count). The third kappa shape index (κ3) is 3.05. The second kappa shape index (κ2) is 6.05. The van der Waals surface area contributed by atoms with Gasteiger partial charge in [-0.1, -0.05) is 18.2 Å². The third-order valence-corrected chi connectivity index (χ3v) is 4.11. The Balaban J connectivity index is 0.00000120. The quantitative estimate of drug-likeness (QED) is 0.891. The lowest BCUT2D eigenvalue weighted by atomic mass is 10.0. The molecule has 0 amide bonds. The number of piperidine rings is 1. The van der Waals surface area contributed by atoms with Crippen LogP contribution in [0.25, 0.3) is 0 Å². The number of fused-ring (bicyclic) bond motifs is 1. The molecule has 18 heavy (non-hydrogen) atoms. The van der Waals surface area contributed by atoms with Crippen LogP contribution < -0.4 is 5.73 Å². The van der Waals surface area contributed by atoms with Crippen LogP contribution in [-0.2, 0) is 19.4 Å². The lowest BCUT2D eigenvalue weighted by molar-refractivity contribution is 0.201. The largest absolute Gasteiger partial charge is 0.327 e. The number of hydrogen-bond acceptors (Lipinski definition) is 2. The van der Waals surface area contributed by atoms with Gasteiger partial charge in [-0.05, 0) is 55.3 Å². The normalized spacial score (nSPS) is 23.5. The highest BCUT2D eigenvalue weighted by Gasteiger charge is 2.17. The fourth-order valence-corrected chi connectivity index (χ4v) is 3.22. The summed E-state index contributed by atoms with van der Waals surface area (Å²) < 4.78 is 0. The van der Waals surface area contributed by atoms with Crippen LogP contribution in [0.4, 0.5) is 0 Å². The fraction of sp³-hybridized carbons (Fsp3) is 0.600. The van der Waals surface area contributed by atoms with E-state index in [1.807, 2.05) is 0 Å². The van der Waals surface area contributed by atoms with Gasteiger partial charge in [0.25, 0.3) is 0 Å². The first kappa shape index (κ1) is 13.9. The number of benzene rings is 1. The molecule has 1 aliphatic carbocycles. The van der Waals surface area contributed by atoms with Gasteiger partial charge in [-0.15, -0.1) is 12.4 Å². The van der Waals surface area contributed by atoms with Crippen LogP contribution >= 0.6 is 12.4 Å². The van der Waals surface area contributed by atoms with Crippen molar-refractivity contribution in [2.45, 2.75) is 44.7 Å². The van der Waals surface area contributed by atoms with E-state index in [0.717, 1.165) is 13.1 Å². The Morgan fingerprint density at radius 2 is 2.00 bits per heavy atom. The van der Waals surface area contributed by atoms with Gasteiger partial charge in [-0.3, -0.25) is 4.90 Å². The van der Waals surface area contributed by atoms with Crippen molar-refractivity contribution in [2.24, 2.45) is 5.73 Å². The fourth-order valence-electron chi connectivity index (χ4n) is 3.22. The van der Waals surface area contributed by atoms with Crippen molar-refractivity contribution in [3.8, 4) is 0 Å². The minimum Gasteiger partial charge on any atom is -0.327 e. The van der Waals surface area contributed by atoms with Gasteiger partial charge in [-0.2, -0.15) is 0 Å². The highest BCUT2D eigenvalue weighted by atomic mass is 35.5. The maximum Gasteiger partial charge on any atom is 0.0234 e. The van der Waals surface area contributed by atoms with Crippen LogP contribution in [0.2, 0.25) is 0 Å². The summed E-state index contributed by atoms with van der Waals surface area (Å²) in [6.45, 7) is 3.36. The highest BCUT2D eigenvalue weighted by molar-refractivity contribution is 5.85. The van der Waals surface area contributed by atoms with Crippen LogP contribution in [0.5, 0.6) is 0 Å². The molecular formula is C15H23ClN2. The number of aryl methyl sites for hydroxylation is 2. The summed E-state index contributed by atoms with van der Waals surface area (Å²) in [5.41, 5.74) is 10.7. The smallest absolute Gasteiger partial charge is 0.0234 e. The molecule has 1 atom stereocenters. The van der Waals surface area contributed by atoms with E-state index in [-0.39, 0.29) is 12.4 Å². The van der Waals surface area contributed by atoms with Crippen LogP contribution in [0.1, 0.15) is 36.0 Å². The highest BCUT2D eigenvalue weighted by Crippen LogP contribution is 2.23. The number of hydrogen-bond donors (Lipinski definition) is 1. The van der Waals surface area contributed by atoms with Crippen molar-refractivity contribution >= 4 is 12.4 Å². The number of nitrogens with zero attached hydrogens (tertiary/aromatic N) is 1. The molecular weight excluding hydrogens is 244 g/mol. The molecule has 1 aromatic rings. The summed E-state index contributed by atoms with van der Waals surface area (Å²) in [5, 5.41) is 0. The zero-order chi connectivity index (χ0) is 11.7. The van der Waals surface area contributed by atoms with E-state index in [0.29, 0.717) is 6.04 Å². The number of halogens is 1. The van der Waals surface area contributed by atoms with Gasteiger partial charge < -0.3 is 5.73 Å². The van der Waals surface area contributed by atoms with Gasteiger partial charge in [0.05, 0.1) is 0 Å². The topological polar surface area (TPSA) is 29.3 Å². The summed E-state index contributed by atoms with van der Waals surface area (Å²) >= 11 is 0. The molecule has 1 aliphatic heterocycles. The number of likely N-dealkylation sites (tertiary alicyclic amines) is 1.